The number of ether oxygens (including phenoxy) is 1. The normalized spacial score (nSPS) is 17.4. The Hall–Kier alpha value is -2.75. The molecule has 4 rings (SSSR count). The van der Waals surface area contributed by atoms with Crippen molar-refractivity contribution in [2.24, 2.45) is 0 Å². The molecule has 7 nitrogen and oxygen atoms in total. The van der Waals surface area contributed by atoms with Crippen LogP contribution >= 0.6 is 11.3 Å². The molecule has 0 spiro atoms. The first kappa shape index (κ1) is 17.7. The number of aromatic nitrogens is 3. The molecule has 0 amide bonds. The number of benzene rings is 1. The van der Waals surface area contributed by atoms with Crippen LogP contribution in [-0.4, -0.2) is 40.3 Å². The van der Waals surface area contributed by atoms with Gasteiger partial charge in [-0.1, -0.05) is 11.3 Å². The highest BCUT2D eigenvalue weighted by Gasteiger charge is 2.21. The van der Waals surface area contributed by atoms with Crippen LogP contribution in [0.5, 0.6) is 5.75 Å². The van der Waals surface area contributed by atoms with Crippen LogP contribution in [0.1, 0.15) is 12.8 Å². The van der Waals surface area contributed by atoms with E-state index in [4.69, 9.17) is 0 Å². The number of halogens is 2. The minimum absolute atomic E-state index is 0.146. The Bertz CT molecular complexity index is 975. The third kappa shape index (κ3) is 4.00. The first-order valence-corrected chi connectivity index (χ1v) is 9.31. The predicted molar refractivity (Wildman–Crippen MR) is 99.1 cm³/mol. The van der Waals surface area contributed by atoms with Crippen LogP contribution in [0.2, 0.25) is 0 Å². The third-order valence-electron chi connectivity index (χ3n) is 4.35. The molecule has 2 aromatic heterocycles. The van der Waals surface area contributed by atoms with Gasteiger partial charge in [0.25, 0.3) is 5.56 Å². The zero-order valence-electron chi connectivity index (χ0n) is 14.2. The van der Waals surface area contributed by atoms with Gasteiger partial charge in [-0.2, -0.15) is 13.3 Å². The number of hydrogen-bond acceptors (Lipinski definition) is 7. The van der Waals surface area contributed by atoms with Crippen LogP contribution in [0.15, 0.2) is 41.3 Å². The number of anilines is 2. The summed E-state index contributed by atoms with van der Waals surface area (Å²) in [5.41, 5.74) is 0.742. The Morgan fingerprint density at radius 3 is 2.81 bits per heavy atom. The van der Waals surface area contributed by atoms with Gasteiger partial charge in [0.05, 0.1) is 0 Å². The molecule has 1 aromatic carbocycles. The minimum Gasteiger partial charge on any atom is -0.435 e. The molecule has 1 N–H and O–H groups in total. The van der Waals surface area contributed by atoms with Crippen molar-refractivity contribution in [2.75, 3.05) is 23.3 Å². The highest BCUT2D eigenvalue weighted by atomic mass is 32.1. The molecule has 10 heteroatoms. The zero-order valence-corrected chi connectivity index (χ0v) is 15.0. The molecule has 27 heavy (non-hydrogen) atoms. The fourth-order valence-electron chi connectivity index (χ4n) is 3.14. The number of nitrogens with one attached hydrogen (secondary N) is 1. The SMILES string of the molecule is O=c1ccnc2sc(NC3CCCN(c4ccc(OC(F)F)cc4)C3)nn12. The summed E-state index contributed by atoms with van der Waals surface area (Å²) in [7, 11) is 0. The van der Waals surface area contributed by atoms with Crippen molar-refractivity contribution in [2.45, 2.75) is 25.5 Å². The largest absolute Gasteiger partial charge is 0.435 e. The maximum atomic E-state index is 12.3. The lowest BCUT2D eigenvalue weighted by molar-refractivity contribution is -0.0498. The van der Waals surface area contributed by atoms with Crippen molar-refractivity contribution in [3.05, 3.63) is 46.9 Å². The molecule has 1 saturated heterocycles. The summed E-state index contributed by atoms with van der Waals surface area (Å²) in [5.74, 6) is 0.146. The van der Waals surface area contributed by atoms with Crippen molar-refractivity contribution in [3.8, 4) is 5.75 Å². The van der Waals surface area contributed by atoms with Crippen molar-refractivity contribution in [1.29, 1.82) is 0 Å². The van der Waals surface area contributed by atoms with Crippen LogP contribution in [0.3, 0.4) is 0 Å². The van der Waals surface area contributed by atoms with Crippen LogP contribution < -0.4 is 20.5 Å². The Balaban J connectivity index is 1.44. The van der Waals surface area contributed by atoms with E-state index < -0.39 is 6.61 Å². The Kier molecular flexibility index (Phi) is 4.88. The highest BCUT2D eigenvalue weighted by Crippen LogP contribution is 2.26. The van der Waals surface area contributed by atoms with Gasteiger partial charge in [-0.3, -0.25) is 4.79 Å². The molecule has 1 fully saturated rings. The van der Waals surface area contributed by atoms with E-state index in [-0.39, 0.29) is 17.4 Å². The number of rotatable bonds is 5. The second-order valence-electron chi connectivity index (χ2n) is 6.19. The molecule has 0 radical (unpaired) electrons. The van der Waals surface area contributed by atoms with Gasteiger partial charge in [-0.05, 0) is 37.1 Å². The fraction of sp³-hybridized carbons (Fsp3) is 0.353. The lowest BCUT2D eigenvalue weighted by Crippen LogP contribution is -2.42. The fourth-order valence-corrected chi connectivity index (χ4v) is 4.00. The highest BCUT2D eigenvalue weighted by molar-refractivity contribution is 7.20. The quantitative estimate of drug-likeness (QED) is 0.719. The van der Waals surface area contributed by atoms with Gasteiger partial charge in [0.1, 0.15) is 5.75 Å². The Labute approximate surface area is 157 Å². The van der Waals surface area contributed by atoms with E-state index in [1.807, 2.05) is 0 Å². The number of nitrogens with zero attached hydrogens (tertiary/aromatic N) is 4. The average molecular weight is 393 g/mol. The van der Waals surface area contributed by atoms with E-state index in [0.29, 0.717) is 10.1 Å². The lowest BCUT2D eigenvalue weighted by atomic mass is 10.1. The van der Waals surface area contributed by atoms with Crippen LogP contribution in [0.25, 0.3) is 4.96 Å². The maximum Gasteiger partial charge on any atom is 0.387 e. The molecule has 3 heterocycles. The second-order valence-corrected chi connectivity index (χ2v) is 7.14. The zero-order chi connectivity index (χ0) is 18.8. The molecule has 0 saturated carbocycles. The van der Waals surface area contributed by atoms with Crippen molar-refractivity contribution in [3.63, 3.8) is 0 Å². The second kappa shape index (κ2) is 7.47. The van der Waals surface area contributed by atoms with Gasteiger partial charge >= 0.3 is 6.61 Å². The van der Waals surface area contributed by atoms with E-state index in [1.165, 1.54) is 28.1 Å². The maximum absolute atomic E-state index is 12.3. The Morgan fingerprint density at radius 2 is 2.07 bits per heavy atom. The third-order valence-corrected chi connectivity index (χ3v) is 5.20. The van der Waals surface area contributed by atoms with Gasteiger partial charge in [0.15, 0.2) is 0 Å². The van der Waals surface area contributed by atoms with Crippen molar-refractivity contribution >= 4 is 27.1 Å². The molecule has 3 aromatic rings. The first-order chi connectivity index (χ1) is 13.1. The van der Waals surface area contributed by atoms with E-state index in [9.17, 15) is 13.6 Å². The summed E-state index contributed by atoms with van der Waals surface area (Å²) in [6.07, 6.45) is 3.43. The van der Waals surface area contributed by atoms with Gasteiger partial charge in [0, 0.05) is 37.1 Å². The van der Waals surface area contributed by atoms with Crippen LogP contribution in [0.4, 0.5) is 19.6 Å². The molecule has 0 bridgehead atoms. The monoisotopic (exact) mass is 393 g/mol. The first-order valence-electron chi connectivity index (χ1n) is 8.50. The molecule has 142 valence electrons. The molecular formula is C17H17F2N5O2S. The summed E-state index contributed by atoms with van der Waals surface area (Å²) in [6.45, 7) is -1.20. The summed E-state index contributed by atoms with van der Waals surface area (Å²) < 4.78 is 30.2. The smallest absolute Gasteiger partial charge is 0.387 e. The molecule has 1 unspecified atom stereocenters. The number of alkyl halides is 2. The van der Waals surface area contributed by atoms with Gasteiger partial charge < -0.3 is 15.0 Å². The average Bonchev–Trinajstić information content (AvgIpc) is 3.06. The molecular weight excluding hydrogens is 376 g/mol. The van der Waals surface area contributed by atoms with Crippen molar-refractivity contribution in [1.82, 2.24) is 14.6 Å². The number of fused-ring (bicyclic) bond motifs is 1. The van der Waals surface area contributed by atoms with Gasteiger partial charge in [-0.15, -0.1) is 5.10 Å². The van der Waals surface area contributed by atoms with E-state index >= 15 is 0 Å². The summed E-state index contributed by atoms with van der Waals surface area (Å²) in [4.78, 5) is 18.7. The summed E-state index contributed by atoms with van der Waals surface area (Å²) in [5, 5.41) is 8.31. The molecule has 0 aliphatic carbocycles. The van der Waals surface area contributed by atoms with Crippen molar-refractivity contribution < 1.29 is 13.5 Å². The lowest BCUT2D eigenvalue weighted by Gasteiger charge is -2.34. The van der Waals surface area contributed by atoms with Gasteiger partial charge in [0.2, 0.25) is 10.1 Å². The standard InChI is InChI=1S/C17H17F2N5O2S/c18-15(19)26-13-5-3-12(4-6-13)23-9-1-2-11(10-23)21-16-22-24-14(25)7-8-20-17(24)27-16/h3-8,11,15H,1-2,9-10H2,(H,21,22). The molecule has 1 aliphatic heterocycles. The Morgan fingerprint density at radius 1 is 1.26 bits per heavy atom. The van der Waals surface area contributed by atoms with Gasteiger partial charge in [-0.25, -0.2) is 4.98 Å². The van der Waals surface area contributed by atoms with Crippen LogP contribution in [0, 0.1) is 0 Å². The minimum atomic E-state index is -2.82. The number of hydrogen-bond donors (Lipinski definition) is 1. The summed E-state index contributed by atoms with van der Waals surface area (Å²) >= 11 is 1.33. The van der Waals surface area contributed by atoms with E-state index in [2.05, 4.69) is 25.0 Å². The number of piperidine rings is 1. The topological polar surface area (TPSA) is 71.8 Å². The predicted octanol–water partition coefficient (Wildman–Crippen LogP) is 2.83. The van der Waals surface area contributed by atoms with E-state index in [0.717, 1.165) is 31.6 Å². The van der Waals surface area contributed by atoms with E-state index in [1.54, 1.807) is 24.3 Å². The molecule has 1 atom stereocenters. The van der Waals surface area contributed by atoms with Crippen LogP contribution in [-0.2, 0) is 0 Å². The summed E-state index contributed by atoms with van der Waals surface area (Å²) in [6, 6.07) is 8.18. The molecule has 1 aliphatic rings.